The maximum Gasteiger partial charge on any atom is 0.282 e. The molecule has 0 saturated heterocycles. The number of hydrogen-bond donors (Lipinski definition) is 0. The van der Waals surface area contributed by atoms with E-state index in [1.54, 1.807) is 25.6 Å². The Kier molecular flexibility index (Phi) is 3.75. The zero-order chi connectivity index (χ0) is 14.2. The Hall–Kier alpha value is -1.62. The summed E-state index contributed by atoms with van der Waals surface area (Å²) in [6.07, 6.45) is 0. The number of para-hydroxylation sites is 1. The lowest BCUT2D eigenvalue weighted by molar-refractivity contribution is 0.0994. The van der Waals surface area contributed by atoms with Crippen molar-refractivity contribution in [1.82, 2.24) is 9.36 Å². The summed E-state index contributed by atoms with van der Waals surface area (Å²) < 4.78 is 3.22. The first-order valence-corrected chi connectivity index (χ1v) is 6.89. The van der Waals surface area contributed by atoms with Gasteiger partial charge in [0.1, 0.15) is 5.56 Å². The maximum absolute atomic E-state index is 12.5. The molecule has 1 heterocycles. The van der Waals surface area contributed by atoms with E-state index in [0.29, 0.717) is 5.69 Å². The van der Waals surface area contributed by atoms with Gasteiger partial charge in [0.2, 0.25) is 0 Å². The van der Waals surface area contributed by atoms with E-state index in [1.165, 1.54) is 4.68 Å². The van der Waals surface area contributed by atoms with E-state index >= 15 is 0 Å². The van der Waals surface area contributed by atoms with Crippen LogP contribution in [0.1, 0.15) is 23.0 Å². The zero-order valence-electron chi connectivity index (χ0n) is 11.1. The van der Waals surface area contributed by atoms with Gasteiger partial charge in [-0.05, 0) is 26.0 Å². The van der Waals surface area contributed by atoms with Crippen molar-refractivity contribution in [1.29, 1.82) is 0 Å². The zero-order valence-corrected chi connectivity index (χ0v) is 12.6. The normalized spacial score (nSPS) is 12.4. The number of halogens is 1. The van der Waals surface area contributed by atoms with Crippen LogP contribution >= 0.6 is 15.9 Å². The molecule has 5 heteroatoms. The van der Waals surface area contributed by atoms with Gasteiger partial charge >= 0.3 is 0 Å². The molecule has 2 aromatic rings. The first-order valence-electron chi connectivity index (χ1n) is 5.97. The number of rotatable bonds is 3. The summed E-state index contributed by atoms with van der Waals surface area (Å²) >= 11 is 3.23. The number of ketones is 1. The Morgan fingerprint density at radius 3 is 2.37 bits per heavy atom. The smallest absolute Gasteiger partial charge is 0.282 e. The number of carbonyl (C=O) groups is 1. The average Bonchev–Trinajstić information content (AvgIpc) is 2.61. The Bertz CT molecular complexity index is 669. The summed E-state index contributed by atoms with van der Waals surface area (Å²) in [6, 6.07) is 9.29. The molecule has 100 valence electrons. The predicted molar refractivity (Wildman–Crippen MR) is 78.5 cm³/mol. The van der Waals surface area contributed by atoms with Crippen LogP contribution in [0, 0.1) is 6.92 Å². The fourth-order valence-electron chi connectivity index (χ4n) is 2.05. The lowest BCUT2D eigenvalue weighted by atomic mass is 10.1. The van der Waals surface area contributed by atoms with Crippen LogP contribution < -0.4 is 5.56 Å². The third kappa shape index (κ3) is 2.30. The fraction of sp³-hybridized carbons (Fsp3) is 0.286. The molecule has 2 rings (SSSR count). The van der Waals surface area contributed by atoms with Crippen molar-refractivity contribution >= 4 is 21.7 Å². The average molecular weight is 323 g/mol. The molecule has 0 aliphatic rings. The van der Waals surface area contributed by atoms with Crippen LogP contribution in [-0.2, 0) is 7.05 Å². The molecule has 0 radical (unpaired) electrons. The van der Waals surface area contributed by atoms with Gasteiger partial charge in [0.05, 0.1) is 10.5 Å². The number of alkyl halides is 1. The summed E-state index contributed by atoms with van der Waals surface area (Å²) in [5.74, 6) is -0.187. The van der Waals surface area contributed by atoms with Crippen LogP contribution in [0.3, 0.4) is 0 Å². The van der Waals surface area contributed by atoms with Gasteiger partial charge in [0.15, 0.2) is 5.78 Å². The van der Waals surface area contributed by atoms with E-state index in [2.05, 4.69) is 15.9 Å². The monoisotopic (exact) mass is 322 g/mol. The molecule has 1 aromatic heterocycles. The number of Topliss-reactive ketones (excluding diaryl/α,β-unsaturated/α-hetero) is 1. The van der Waals surface area contributed by atoms with Crippen LogP contribution in [0.4, 0.5) is 0 Å². The van der Waals surface area contributed by atoms with Crippen molar-refractivity contribution in [3.63, 3.8) is 0 Å². The molecule has 0 N–H and O–H groups in total. The highest BCUT2D eigenvalue weighted by molar-refractivity contribution is 9.10. The Balaban J connectivity index is 2.70. The van der Waals surface area contributed by atoms with Crippen molar-refractivity contribution in [2.75, 3.05) is 0 Å². The minimum atomic E-state index is -0.370. The van der Waals surface area contributed by atoms with Crippen molar-refractivity contribution in [3.05, 3.63) is 51.9 Å². The largest absolute Gasteiger partial charge is 0.293 e. The molecule has 0 amide bonds. The van der Waals surface area contributed by atoms with E-state index in [9.17, 15) is 9.59 Å². The van der Waals surface area contributed by atoms with Gasteiger partial charge in [-0.15, -0.1) is 0 Å². The van der Waals surface area contributed by atoms with E-state index in [1.807, 2.05) is 30.3 Å². The molecule has 0 bridgehead atoms. The molecule has 4 nitrogen and oxygen atoms in total. The summed E-state index contributed by atoms with van der Waals surface area (Å²) in [7, 11) is 1.78. The number of nitrogens with zero attached hydrogens (tertiary/aromatic N) is 2. The van der Waals surface area contributed by atoms with Gasteiger partial charge < -0.3 is 0 Å². The van der Waals surface area contributed by atoms with Crippen molar-refractivity contribution in [3.8, 4) is 5.69 Å². The summed E-state index contributed by atoms with van der Waals surface area (Å²) in [6.45, 7) is 3.50. The molecular weight excluding hydrogens is 308 g/mol. The lowest BCUT2D eigenvalue weighted by Crippen LogP contribution is -2.24. The number of benzene rings is 1. The highest BCUT2D eigenvalue weighted by atomic mass is 79.9. The van der Waals surface area contributed by atoms with Crippen LogP contribution in [0.15, 0.2) is 35.1 Å². The fourth-order valence-corrected chi connectivity index (χ4v) is 2.28. The molecule has 1 aromatic carbocycles. The number of aromatic nitrogens is 2. The molecule has 0 saturated carbocycles. The quantitative estimate of drug-likeness (QED) is 0.643. The van der Waals surface area contributed by atoms with Crippen molar-refractivity contribution in [2.24, 2.45) is 7.05 Å². The first-order chi connectivity index (χ1) is 8.95. The summed E-state index contributed by atoms with van der Waals surface area (Å²) in [5.41, 5.74) is 1.39. The number of carbonyl (C=O) groups excluding carboxylic acids is 1. The number of hydrogen-bond acceptors (Lipinski definition) is 2. The van der Waals surface area contributed by atoms with E-state index in [-0.39, 0.29) is 21.7 Å². The van der Waals surface area contributed by atoms with Gasteiger partial charge in [-0.1, -0.05) is 34.1 Å². The second-order valence-corrected chi connectivity index (χ2v) is 5.79. The van der Waals surface area contributed by atoms with Crippen LogP contribution in [-0.4, -0.2) is 20.0 Å². The Morgan fingerprint density at radius 2 is 1.84 bits per heavy atom. The molecule has 1 unspecified atom stereocenters. The third-order valence-electron chi connectivity index (χ3n) is 3.16. The summed E-state index contributed by atoms with van der Waals surface area (Å²) in [4.78, 5) is 24.2. The highest BCUT2D eigenvalue weighted by Gasteiger charge is 2.24. The van der Waals surface area contributed by atoms with E-state index < -0.39 is 0 Å². The van der Waals surface area contributed by atoms with Crippen molar-refractivity contribution < 1.29 is 4.79 Å². The van der Waals surface area contributed by atoms with Crippen LogP contribution in [0.25, 0.3) is 5.69 Å². The highest BCUT2D eigenvalue weighted by Crippen LogP contribution is 2.14. The standard InChI is InChI=1S/C14H15BrN2O2/c1-9(15)13(18)12-10(2)16(3)17(14(12)19)11-7-5-4-6-8-11/h4-9H,1-3H3. The van der Waals surface area contributed by atoms with Crippen LogP contribution in [0.5, 0.6) is 0 Å². The van der Waals surface area contributed by atoms with E-state index in [4.69, 9.17) is 0 Å². The molecule has 0 fully saturated rings. The van der Waals surface area contributed by atoms with Gasteiger partial charge in [-0.25, -0.2) is 4.68 Å². The predicted octanol–water partition coefficient (Wildman–Crippen LogP) is 2.45. The molecule has 0 aliphatic carbocycles. The lowest BCUT2D eigenvalue weighted by Gasteiger charge is -2.07. The topological polar surface area (TPSA) is 44.0 Å². The second-order valence-electron chi connectivity index (χ2n) is 4.42. The summed E-state index contributed by atoms with van der Waals surface area (Å²) in [5, 5.41) is 0. The van der Waals surface area contributed by atoms with E-state index in [0.717, 1.165) is 5.69 Å². The maximum atomic E-state index is 12.5. The molecule has 0 aliphatic heterocycles. The van der Waals surface area contributed by atoms with Gasteiger partial charge in [0.25, 0.3) is 5.56 Å². The third-order valence-corrected chi connectivity index (χ3v) is 3.58. The SMILES string of the molecule is Cc1c(C(=O)C(C)Br)c(=O)n(-c2ccccc2)n1C. The van der Waals surface area contributed by atoms with Gasteiger partial charge in [0, 0.05) is 12.7 Å². The van der Waals surface area contributed by atoms with Gasteiger partial charge in [-0.3, -0.25) is 14.3 Å². The van der Waals surface area contributed by atoms with Gasteiger partial charge in [-0.2, -0.15) is 0 Å². The Labute approximate surface area is 119 Å². The van der Waals surface area contributed by atoms with Crippen molar-refractivity contribution in [2.45, 2.75) is 18.7 Å². The molecule has 19 heavy (non-hydrogen) atoms. The molecular formula is C14H15BrN2O2. The second kappa shape index (κ2) is 5.17. The van der Waals surface area contributed by atoms with Crippen LogP contribution in [0.2, 0.25) is 0 Å². The molecule has 1 atom stereocenters. The Morgan fingerprint density at radius 1 is 1.26 bits per heavy atom. The molecule has 0 spiro atoms. The first kappa shape index (κ1) is 13.8. The minimum absolute atomic E-state index is 0.187. The minimum Gasteiger partial charge on any atom is -0.293 e.